The average molecular weight is 369 g/mol. The minimum absolute atomic E-state index is 0.164. The minimum atomic E-state index is -4.37. The standard InChI is InChI=1S/C17H18F3N3OS/c1-11-4-3-9-22(11)15(24)21-16-23(10-12(2)25-16)14-7-5-13(6-8-14)17(18,19)20/h5-8,10-11H,3-4,9H2,1-2H3/t11-/m0/s1. The Labute approximate surface area is 147 Å². The molecule has 1 aromatic heterocycles. The molecule has 1 atom stereocenters. The zero-order chi connectivity index (χ0) is 18.2. The number of alkyl halides is 3. The predicted octanol–water partition coefficient (Wildman–Crippen LogP) is 4.37. The summed E-state index contributed by atoms with van der Waals surface area (Å²) < 4.78 is 39.8. The molecule has 0 spiro atoms. The first-order chi connectivity index (χ1) is 11.8. The number of halogens is 3. The number of benzene rings is 1. The van der Waals surface area contributed by atoms with Crippen molar-refractivity contribution in [2.45, 2.75) is 38.9 Å². The van der Waals surface area contributed by atoms with E-state index in [1.165, 1.54) is 23.5 Å². The number of urea groups is 1. The highest BCUT2D eigenvalue weighted by Crippen LogP contribution is 2.29. The lowest BCUT2D eigenvalue weighted by atomic mass is 10.2. The number of hydrogen-bond acceptors (Lipinski definition) is 2. The topological polar surface area (TPSA) is 37.6 Å². The van der Waals surface area contributed by atoms with Crippen LogP contribution < -0.4 is 4.80 Å². The van der Waals surface area contributed by atoms with Crippen molar-refractivity contribution in [1.29, 1.82) is 0 Å². The van der Waals surface area contributed by atoms with Gasteiger partial charge in [-0.05, 0) is 51.0 Å². The second kappa shape index (κ2) is 6.67. The summed E-state index contributed by atoms with van der Waals surface area (Å²) in [5.74, 6) is 0. The van der Waals surface area contributed by atoms with Crippen LogP contribution >= 0.6 is 11.3 Å². The van der Waals surface area contributed by atoms with Crippen LogP contribution in [0.3, 0.4) is 0 Å². The number of aromatic nitrogens is 1. The van der Waals surface area contributed by atoms with Crippen molar-refractivity contribution in [3.8, 4) is 5.69 Å². The van der Waals surface area contributed by atoms with Crippen LogP contribution in [0.2, 0.25) is 0 Å². The van der Waals surface area contributed by atoms with Crippen LogP contribution in [0.15, 0.2) is 35.5 Å². The number of amides is 2. The maximum Gasteiger partial charge on any atom is 0.416 e. The molecule has 0 saturated carbocycles. The maximum atomic E-state index is 12.7. The van der Waals surface area contributed by atoms with Gasteiger partial charge in [-0.3, -0.25) is 4.57 Å². The van der Waals surface area contributed by atoms with E-state index in [0.717, 1.165) is 29.9 Å². The van der Waals surface area contributed by atoms with Crippen molar-refractivity contribution < 1.29 is 18.0 Å². The number of aryl methyl sites for hydroxylation is 1. The summed E-state index contributed by atoms with van der Waals surface area (Å²) in [7, 11) is 0. The fraction of sp³-hybridized carbons (Fsp3) is 0.412. The monoisotopic (exact) mass is 369 g/mol. The van der Waals surface area contributed by atoms with Crippen LogP contribution in [0.4, 0.5) is 18.0 Å². The van der Waals surface area contributed by atoms with E-state index in [1.807, 2.05) is 13.8 Å². The fourth-order valence-corrected chi connectivity index (χ4v) is 3.72. The first-order valence-electron chi connectivity index (χ1n) is 7.98. The molecule has 2 aromatic rings. The van der Waals surface area contributed by atoms with Gasteiger partial charge in [-0.15, -0.1) is 11.3 Å². The average Bonchev–Trinajstić information content (AvgIpc) is 3.12. The van der Waals surface area contributed by atoms with E-state index in [9.17, 15) is 18.0 Å². The Bertz CT molecular complexity index is 836. The van der Waals surface area contributed by atoms with Gasteiger partial charge >= 0.3 is 12.2 Å². The highest BCUT2D eigenvalue weighted by atomic mass is 32.1. The third-order valence-electron chi connectivity index (χ3n) is 4.23. The van der Waals surface area contributed by atoms with E-state index in [0.29, 0.717) is 17.0 Å². The Morgan fingerprint density at radius 3 is 2.52 bits per heavy atom. The summed E-state index contributed by atoms with van der Waals surface area (Å²) in [6.07, 6.45) is -0.677. The van der Waals surface area contributed by atoms with E-state index >= 15 is 0 Å². The number of thiazole rings is 1. The summed E-state index contributed by atoms with van der Waals surface area (Å²) in [4.78, 5) is 19.7. The lowest BCUT2D eigenvalue weighted by Gasteiger charge is -2.18. The van der Waals surface area contributed by atoms with Crippen LogP contribution in [0.25, 0.3) is 5.69 Å². The van der Waals surface area contributed by atoms with Crippen LogP contribution in [-0.4, -0.2) is 28.1 Å². The third-order valence-corrected chi connectivity index (χ3v) is 5.13. The molecule has 4 nitrogen and oxygen atoms in total. The largest absolute Gasteiger partial charge is 0.416 e. The molecule has 0 radical (unpaired) electrons. The Kier molecular flexibility index (Phi) is 4.73. The summed E-state index contributed by atoms with van der Waals surface area (Å²) >= 11 is 1.33. The van der Waals surface area contributed by atoms with Crippen LogP contribution in [0.1, 0.15) is 30.2 Å². The number of rotatable bonds is 1. The molecule has 0 unspecified atom stereocenters. The maximum absolute atomic E-state index is 12.7. The molecule has 25 heavy (non-hydrogen) atoms. The lowest BCUT2D eigenvalue weighted by molar-refractivity contribution is -0.137. The number of hydrogen-bond donors (Lipinski definition) is 0. The number of likely N-dealkylation sites (tertiary alicyclic amines) is 1. The summed E-state index contributed by atoms with van der Waals surface area (Å²) in [6, 6.07) is 4.70. The zero-order valence-electron chi connectivity index (χ0n) is 13.9. The van der Waals surface area contributed by atoms with Crippen LogP contribution in [0.5, 0.6) is 0 Å². The van der Waals surface area contributed by atoms with Gasteiger partial charge in [0.1, 0.15) is 0 Å². The second-order valence-electron chi connectivity index (χ2n) is 6.12. The van der Waals surface area contributed by atoms with Gasteiger partial charge in [-0.1, -0.05) is 0 Å². The quantitative estimate of drug-likeness (QED) is 0.735. The van der Waals surface area contributed by atoms with Crippen molar-refractivity contribution in [2.24, 2.45) is 4.99 Å². The molecular weight excluding hydrogens is 351 g/mol. The highest BCUT2D eigenvalue weighted by molar-refractivity contribution is 7.09. The van der Waals surface area contributed by atoms with Crippen molar-refractivity contribution >= 4 is 17.4 Å². The molecule has 1 aliphatic heterocycles. The molecule has 1 saturated heterocycles. The van der Waals surface area contributed by atoms with E-state index in [1.54, 1.807) is 15.7 Å². The van der Waals surface area contributed by atoms with Crippen LogP contribution in [-0.2, 0) is 6.18 Å². The molecule has 1 fully saturated rings. The van der Waals surface area contributed by atoms with Crippen molar-refractivity contribution in [1.82, 2.24) is 9.47 Å². The smallest absolute Gasteiger partial charge is 0.320 e. The van der Waals surface area contributed by atoms with Gasteiger partial charge in [0.2, 0.25) is 0 Å². The Morgan fingerprint density at radius 1 is 1.28 bits per heavy atom. The van der Waals surface area contributed by atoms with Gasteiger partial charge in [0.05, 0.1) is 5.56 Å². The molecule has 0 aliphatic carbocycles. The van der Waals surface area contributed by atoms with E-state index in [-0.39, 0.29) is 12.1 Å². The summed E-state index contributed by atoms with van der Waals surface area (Å²) in [6.45, 7) is 4.55. The SMILES string of the molecule is Cc1cn(-c2ccc(C(F)(F)F)cc2)c(=NC(=O)N2CCC[C@@H]2C)s1. The minimum Gasteiger partial charge on any atom is -0.320 e. The predicted molar refractivity (Wildman–Crippen MR) is 89.7 cm³/mol. The summed E-state index contributed by atoms with van der Waals surface area (Å²) in [5.41, 5.74) is -0.164. The first-order valence-corrected chi connectivity index (χ1v) is 8.79. The molecule has 1 aromatic carbocycles. The Morgan fingerprint density at radius 2 is 1.96 bits per heavy atom. The molecule has 1 aliphatic rings. The van der Waals surface area contributed by atoms with Gasteiger partial charge < -0.3 is 4.90 Å². The van der Waals surface area contributed by atoms with Gasteiger partial charge in [0.25, 0.3) is 0 Å². The second-order valence-corrected chi connectivity index (χ2v) is 7.33. The van der Waals surface area contributed by atoms with Gasteiger partial charge in [0.15, 0.2) is 4.80 Å². The van der Waals surface area contributed by atoms with E-state index in [4.69, 9.17) is 0 Å². The normalized spacial score (nSPS) is 18.8. The molecule has 0 bridgehead atoms. The van der Waals surface area contributed by atoms with Crippen molar-refractivity contribution in [2.75, 3.05) is 6.54 Å². The van der Waals surface area contributed by atoms with Crippen LogP contribution in [0, 0.1) is 6.92 Å². The van der Waals surface area contributed by atoms with Gasteiger partial charge in [-0.25, -0.2) is 4.79 Å². The fourth-order valence-electron chi connectivity index (χ4n) is 2.89. The number of nitrogens with zero attached hydrogens (tertiary/aromatic N) is 3. The lowest BCUT2D eigenvalue weighted by Crippen LogP contribution is -2.32. The third kappa shape index (κ3) is 3.78. The number of carbonyl (C=O) groups is 1. The first kappa shape index (κ1) is 17.7. The molecule has 0 N–H and O–H groups in total. The van der Waals surface area contributed by atoms with Crippen molar-refractivity contribution in [3.05, 3.63) is 45.7 Å². The van der Waals surface area contributed by atoms with Crippen molar-refractivity contribution in [3.63, 3.8) is 0 Å². The molecule has 3 rings (SSSR count). The van der Waals surface area contributed by atoms with Gasteiger partial charge in [-0.2, -0.15) is 18.2 Å². The Balaban J connectivity index is 1.96. The van der Waals surface area contributed by atoms with E-state index < -0.39 is 11.7 Å². The van der Waals surface area contributed by atoms with E-state index in [2.05, 4.69) is 4.99 Å². The molecule has 2 heterocycles. The molecule has 134 valence electrons. The summed E-state index contributed by atoms with van der Waals surface area (Å²) in [5, 5.41) is 0. The van der Waals surface area contributed by atoms with Gasteiger partial charge in [0, 0.05) is 29.3 Å². The zero-order valence-corrected chi connectivity index (χ0v) is 14.7. The molecule has 8 heteroatoms. The highest BCUT2D eigenvalue weighted by Gasteiger charge is 2.30. The number of carbonyl (C=O) groups excluding carboxylic acids is 1. The Hall–Kier alpha value is -2.09. The molecule has 2 amide bonds. The molecular formula is C17H18F3N3OS.